The van der Waals surface area contributed by atoms with Crippen LogP contribution in [0.3, 0.4) is 0 Å². The Morgan fingerprint density at radius 3 is 2.36 bits per heavy atom. The summed E-state index contributed by atoms with van der Waals surface area (Å²) in [5.74, 6) is -0.899. The zero-order valence-corrected chi connectivity index (χ0v) is 12.4. The lowest BCUT2D eigenvalue weighted by molar-refractivity contribution is 0.0598. The Kier molecular flexibility index (Phi) is 4.57. The fraction of sp³-hybridized carbons (Fsp3) is 0.0667. The molecule has 0 aromatic heterocycles. The van der Waals surface area contributed by atoms with Crippen LogP contribution in [0.2, 0.25) is 0 Å². The van der Waals surface area contributed by atoms with Gasteiger partial charge in [0, 0.05) is 5.56 Å². The van der Waals surface area contributed by atoms with E-state index in [-0.39, 0.29) is 21.8 Å². The molecule has 0 unspecified atom stereocenters. The van der Waals surface area contributed by atoms with Gasteiger partial charge in [-0.3, -0.25) is 4.79 Å². The predicted molar refractivity (Wildman–Crippen MR) is 77.4 cm³/mol. The average molecular weight is 320 g/mol. The van der Waals surface area contributed by atoms with Crippen LogP contribution in [0.25, 0.3) is 0 Å². The van der Waals surface area contributed by atoms with E-state index in [1.54, 1.807) is 6.07 Å². The van der Waals surface area contributed by atoms with Crippen molar-refractivity contribution in [3.05, 3.63) is 59.7 Å². The summed E-state index contributed by atoms with van der Waals surface area (Å²) in [5, 5.41) is 0. The molecule has 0 atom stereocenters. The highest BCUT2D eigenvalue weighted by Gasteiger charge is 2.23. The molecule has 0 radical (unpaired) electrons. The van der Waals surface area contributed by atoms with Crippen LogP contribution in [0.1, 0.15) is 20.7 Å². The zero-order valence-electron chi connectivity index (χ0n) is 11.6. The minimum absolute atomic E-state index is 0.0296. The van der Waals surface area contributed by atoms with E-state index in [0.29, 0.717) is 6.29 Å². The number of carbonyl (C=O) groups excluding carboxylic acids is 2. The number of esters is 1. The summed E-state index contributed by atoms with van der Waals surface area (Å²) in [7, 11) is -3.08. The Morgan fingerprint density at radius 1 is 1.05 bits per heavy atom. The fourth-order valence-corrected chi connectivity index (χ4v) is 2.91. The Labute approximate surface area is 127 Å². The molecule has 7 heteroatoms. The monoisotopic (exact) mass is 320 g/mol. The van der Waals surface area contributed by atoms with Crippen LogP contribution in [0, 0.1) is 0 Å². The second-order valence-electron chi connectivity index (χ2n) is 4.18. The number of methoxy groups -OCH3 is 1. The lowest BCUT2D eigenvalue weighted by atomic mass is 10.2. The molecule has 0 aliphatic carbocycles. The summed E-state index contributed by atoms with van der Waals surface area (Å²) >= 11 is 0. The molecule has 0 aliphatic rings. The first-order chi connectivity index (χ1) is 10.5. The smallest absolute Gasteiger partial charge is 0.341 e. The number of hydrogen-bond acceptors (Lipinski definition) is 6. The van der Waals surface area contributed by atoms with Crippen molar-refractivity contribution < 1.29 is 26.9 Å². The van der Waals surface area contributed by atoms with Gasteiger partial charge in [-0.15, -0.1) is 0 Å². The van der Waals surface area contributed by atoms with Crippen molar-refractivity contribution in [2.75, 3.05) is 7.11 Å². The third-order valence-electron chi connectivity index (χ3n) is 2.81. The molecule has 0 bridgehead atoms. The van der Waals surface area contributed by atoms with Crippen molar-refractivity contribution in [3.8, 4) is 5.75 Å². The van der Waals surface area contributed by atoms with Crippen LogP contribution in [-0.2, 0) is 14.9 Å². The van der Waals surface area contributed by atoms with Gasteiger partial charge in [0.2, 0.25) is 0 Å². The molecule has 114 valence electrons. The zero-order chi connectivity index (χ0) is 16.2. The van der Waals surface area contributed by atoms with E-state index in [0.717, 1.165) is 0 Å². The van der Waals surface area contributed by atoms with Gasteiger partial charge in [-0.05, 0) is 18.2 Å². The van der Waals surface area contributed by atoms with E-state index in [9.17, 15) is 18.0 Å². The summed E-state index contributed by atoms with van der Waals surface area (Å²) < 4.78 is 34.2. The third-order valence-corrected chi connectivity index (χ3v) is 4.12. The van der Waals surface area contributed by atoms with Crippen molar-refractivity contribution in [2.24, 2.45) is 0 Å². The molecule has 2 rings (SSSR count). The lowest BCUT2D eigenvalue weighted by Crippen LogP contribution is -2.14. The van der Waals surface area contributed by atoms with E-state index in [1.807, 2.05) is 0 Å². The number of ether oxygens (including phenoxy) is 1. The first-order valence-electron chi connectivity index (χ1n) is 6.15. The highest BCUT2D eigenvalue weighted by molar-refractivity contribution is 7.87. The number of benzene rings is 2. The first kappa shape index (κ1) is 15.7. The molecule has 0 N–H and O–H groups in total. The van der Waals surface area contributed by atoms with Crippen molar-refractivity contribution >= 4 is 22.4 Å². The van der Waals surface area contributed by atoms with Crippen molar-refractivity contribution in [1.82, 2.24) is 0 Å². The van der Waals surface area contributed by atoms with Crippen molar-refractivity contribution in [1.29, 1.82) is 0 Å². The summed E-state index contributed by atoms with van der Waals surface area (Å²) in [6.07, 6.45) is 0.419. The Balaban J connectivity index is 2.46. The second kappa shape index (κ2) is 6.40. The first-order valence-corrected chi connectivity index (χ1v) is 7.56. The molecule has 0 amide bonds. The van der Waals surface area contributed by atoms with Crippen molar-refractivity contribution in [2.45, 2.75) is 4.90 Å². The Morgan fingerprint density at radius 2 is 1.68 bits per heavy atom. The van der Waals surface area contributed by atoms with Crippen LogP contribution in [0.15, 0.2) is 53.4 Å². The quantitative estimate of drug-likeness (QED) is 0.476. The predicted octanol–water partition coefficient (Wildman–Crippen LogP) is 2.05. The van der Waals surface area contributed by atoms with Crippen LogP contribution in [-0.4, -0.2) is 27.8 Å². The van der Waals surface area contributed by atoms with Crippen LogP contribution < -0.4 is 4.18 Å². The van der Waals surface area contributed by atoms with Gasteiger partial charge >= 0.3 is 16.1 Å². The second-order valence-corrected chi connectivity index (χ2v) is 5.70. The molecule has 0 saturated heterocycles. The van der Waals surface area contributed by atoms with Gasteiger partial charge in [0.25, 0.3) is 0 Å². The molecule has 22 heavy (non-hydrogen) atoms. The summed E-state index contributed by atoms with van der Waals surface area (Å²) in [6.45, 7) is 0. The number of rotatable bonds is 5. The highest BCUT2D eigenvalue weighted by Crippen LogP contribution is 2.24. The van der Waals surface area contributed by atoms with Gasteiger partial charge in [0.1, 0.15) is 10.5 Å². The van der Waals surface area contributed by atoms with Gasteiger partial charge < -0.3 is 8.92 Å². The SMILES string of the molecule is COC(=O)c1ccccc1OS(=O)(=O)c1ccccc1C=O. The third kappa shape index (κ3) is 3.15. The molecule has 0 heterocycles. The average Bonchev–Trinajstić information content (AvgIpc) is 2.54. The molecular formula is C15H12O6S. The number of carbonyl (C=O) groups is 2. The van der Waals surface area contributed by atoms with E-state index in [1.165, 1.54) is 49.6 Å². The number of para-hydroxylation sites is 1. The maximum Gasteiger partial charge on any atom is 0.341 e. The summed E-state index contributed by atoms with van der Waals surface area (Å²) in [6, 6.07) is 11.4. The standard InChI is InChI=1S/C15H12O6S/c1-20-15(17)12-7-3-4-8-13(12)21-22(18,19)14-9-5-2-6-11(14)10-16/h2-10H,1H3. The van der Waals surface area contributed by atoms with E-state index >= 15 is 0 Å². The Hall–Kier alpha value is -2.67. The van der Waals surface area contributed by atoms with Crippen LogP contribution >= 0.6 is 0 Å². The van der Waals surface area contributed by atoms with Gasteiger partial charge in [0.15, 0.2) is 12.0 Å². The van der Waals surface area contributed by atoms with Gasteiger partial charge in [-0.25, -0.2) is 4.79 Å². The van der Waals surface area contributed by atoms with E-state index in [4.69, 9.17) is 4.18 Å². The maximum atomic E-state index is 12.3. The van der Waals surface area contributed by atoms with Crippen molar-refractivity contribution in [3.63, 3.8) is 0 Å². The van der Waals surface area contributed by atoms with E-state index in [2.05, 4.69) is 4.74 Å². The maximum absolute atomic E-state index is 12.3. The summed E-state index contributed by atoms with van der Waals surface area (Å²) in [5.41, 5.74) is -0.0600. The largest absolute Gasteiger partial charge is 0.465 e. The molecule has 2 aromatic rings. The molecule has 0 spiro atoms. The molecule has 0 saturated carbocycles. The molecule has 0 fully saturated rings. The minimum atomic E-state index is -4.26. The highest BCUT2D eigenvalue weighted by atomic mass is 32.2. The molecule has 0 aliphatic heterocycles. The Bertz CT molecular complexity index is 810. The lowest BCUT2D eigenvalue weighted by Gasteiger charge is -2.11. The number of hydrogen-bond donors (Lipinski definition) is 0. The molecule has 6 nitrogen and oxygen atoms in total. The van der Waals surface area contributed by atoms with Crippen LogP contribution in [0.5, 0.6) is 5.75 Å². The van der Waals surface area contributed by atoms with Gasteiger partial charge in [-0.2, -0.15) is 8.42 Å². The minimum Gasteiger partial charge on any atom is -0.465 e. The van der Waals surface area contributed by atoms with E-state index < -0.39 is 16.1 Å². The topological polar surface area (TPSA) is 86.7 Å². The molecular weight excluding hydrogens is 308 g/mol. The fourth-order valence-electron chi connectivity index (χ4n) is 1.79. The van der Waals surface area contributed by atoms with Gasteiger partial charge in [0.05, 0.1) is 7.11 Å². The normalized spacial score (nSPS) is 10.8. The van der Waals surface area contributed by atoms with Gasteiger partial charge in [-0.1, -0.05) is 30.3 Å². The summed E-state index contributed by atoms with van der Waals surface area (Å²) in [4.78, 5) is 22.3. The number of aldehydes is 1. The van der Waals surface area contributed by atoms with Crippen LogP contribution in [0.4, 0.5) is 0 Å². The molecule has 2 aromatic carbocycles.